The van der Waals surface area contributed by atoms with Crippen LogP contribution < -0.4 is 5.73 Å². The molecule has 1 aromatic rings. The van der Waals surface area contributed by atoms with Crippen LogP contribution in [-0.2, 0) is 4.08 Å². The van der Waals surface area contributed by atoms with E-state index in [1.54, 1.807) is 0 Å². The molecule has 1 saturated heterocycles. The molecule has 3 heteroatoms. The number of nitrogens with two attached hydrogens (primary N) is 1. The van der Waals surface area contributed by atoms with Gasteiger partial charge in [-0.1, -0.05) is 43.2 Å². The zero-order valence-corrected chi connectivity index (χ0v) is 11.9. The van der Waals surface area contributed by atoms with Crippen LogP contribution in [0.15, 0.2) is 30.3 Å². The van der Waals surface area contributed by atoms with Gasteiger partial charge in [0.05, 0.1) is 4.08 Å². The van der Waals surface area contributed by atoms with Crippen molar-refractivity contribution in [3.05, 3.63) is 35.9 Å². The molecule has 94 valence electrons. The zero-order valence-electron chi connectivity index (χ0n) is 10.2. The number of hydrogen-bond donors (Lipinski definition) is 1. The molecule has 0 saturated carbocycles. The maximum atomic E-state index is 6.10. The van der Waals surface area contributed by atoms with Crippen molar-refractivity contribution >= 4 is 23.5 Å². The lowest BCUT2D eigenvalue weighted by Gasteiger charge is -2.31. The molecule has 1 heterocycles. The minimum Gasteiger partial charge on any atom is -0.328 e. The van der Waals surface area contributed by atoms with Crippen LogP contribution >= 0.6 is 23.5 Å². The number of rotatable bonds is 2. The third-order valence-corrected chi connectivity index (χ3v) is 6.62. The number of hydrogen-bond acceptors (Lipinski definition) is 3. The summed E-state index contributed by atoms with van der Waals surface area (Å²) in [6.07, 6.45) is 5.42. The SMILES string of the molecule is NCC1(c2ccccc2)SCCCCCCS1. The Hall–Kier alpha value is -0.120. The van der Waals surface area contributed by atoms with Crippen LogP contribution in [0.1, 0.15) is 31.2 Å². The highest BCUT2D eigenvalue weighted by atomic mass is 32.2. The van der Waals surface area contributed by atoms with Gasteiger partial charge in [0.1, 0.15) is 0 Å². The third-order valence-electron chi connectivity index (χ3n) is 3.19. The van der Waals surface area contributed by atoms with Gasteiger partial charge in [-0.3, -0.25) is 0 Å². The minimum absolute atomic E-state index is 0.0889. The van der Waals surface area contributed by atoms with Gasteiger partial charge in [0.2, 0.25) is 0 Å². The average molecular weight is 267 g/mol. The standard InChI is InChI=1S/C14H21NS2/c15-12-14(13-8-4-3-5-9-13)16-10-6-1-2-7-11-17-14/h3-5,8-9H,1-2,6-7,10-12,15H2. The monoisotopic (exact) mass is 267 g/mol. The first-order valence-corrected chi connectivity index (χ1v) is 8.38. The second kappa shape index (κ2) is 6.72. The fraction of sp³-hybridized carbons (Fsp3) is 0.571. The van der Waals surface area contributed by atoms with Crippen LogP contribution in [0, 0.1) is 0 Å². The summed E-state index contributed by atoms with van der Waals surface area (Å²) < 4.78 is 0.0889. The predicted molar refractivity (Wildman–Crippen MR) is 80.6 cm³/mol. The first-order chi connectivity index (χ1) is 8.37. The van der Waals surface area contributed by atoms with Gasteiger partial charge in [-0.15, -0.1) is 23.5 Å². The van der Waals surface area contributed by atoms with Crippen LogP contribution in [0.4, 0.5) is 0 Å². The van der Waals surface area contributed by atoms with Crippen molar-refractivity contribution in [1.29, 1.82) is 0 Å². The van der Waals surface area contributed by atoms with E-state index in [-0.39, 0.29) is 4.08 Å². The molecule has 0 unspecified atom stereocenters. The summed E-state index contributed by atoms with van der Waals surface area (Å²) in [6, 6.07) is 10.8. The van der Waals surface area contributed by atoms with E-state index in [1.165, 1.54) is 42.8 Å². The molecule has 0 amide bonds. The molecule has 0 radical (unpaired) electrons. The zero-order chi connectivity index (χ0) is 12.0. The van der Waals surface area contributed by atoms with Crippen molar-refractivity contribution in [2.75, 3.05) is 18.1 Å². The molecule has 17 heavy (non-hydrogen) atoms. The van der Waals surface area contributed by atoms with E-state index < -0.39 is 0 Å². The summed E-state index contributed by atoms with van der Waals surface area (Å²) in [4.78, 5) is 0. The van der Waals surface area contributed by atoms with E-state index in [9.17, 15) is 0 Å². The summed E-state index contributed by atoms with van der Waals surface area (Å²) >= 11 is 4.10. The van der Waals surface area contributed by atoms with Gasteiger partial charge in [-0.05, 0) is 29.9 Å². The van der Waals surface area contributed by atoms with Crippen LogP contribution in [0.5, 0.6) is 0 Å². The molecular formula is C14H21NS2. The molecule has 2 N–H and O–H groups in total. The van der Waals surface area contributed by atoms with Crippen molar-refractivity contribution in [1.82, 2.24) is 0 Å². The summed E-state index contributed by atoms with van der Waals surface area (Å²) in [5.41, 5.74) is 7.49. The van der Waals surface area contributed by atoms with Crippen molar-refractivity contribution in [3.8, 4) is 0 Å². The Kier molecular flexibility index (Phi) is 5.26. The third kappa shape index (κ3) is 3.43. The molecule has 1 fully saturated rings. The van der Waals surface area contributed by atoms with E-state index in [4.69, 9.17) is 5.73 Å². The van der Waals surface area contributed by atoms with Gasteiger partial charge in [-0.25, -0.2) is 0 Å². The largest absolute Gasteiger partial charge is 0.328 e. The smallest absolute Gasteiger partial charge is 0.0981 e. The molecule has 0 atom stereocenters. The molecule has 0 aliphatic carbocycles. The molecule has 1 aliphatic rings. The topological polar surface area (TPSA) is 26.0 Å². The van der Waals surface area contributed by atoms with Gasteiger partial charge in [0, 0.05) is 6.54 Å². The number of thioether (sulfide) groups is 2. The molecule has 1 nitrogen and oxygen atoms in total. The maximum Gasteiger partial charge on any atom is 0.0981 e. The quantitative estimate of drug-likeness (QED) is 0.881. The van der Waals surface area contributed by atoms with Gasteiger partial charge in [0.25, 0.3) is 0 Å². The molecule has 2 rings (SSSR count). The molecule has 0 spiro atoms. The summed E-state index contributed by atoms with van der Waals surface area (Å²) in [5.74, 6) is 2.47. The summed E-state index contributed by atoms with van der Waals surface area (Å²) in [7, 11) is 0. The van der Waals surface area contributed by atoms with Crippen LogP contribution in [0.3, 0.4) is 0 Å². The summed E-state index contributed by atoms with van der Waals surface area (Å²) in [6.45, 7) is 0.729. The van der Waals surface area contributed by atoms with Crippen molar-refractivity contribution in [2.45, 2.75) is 29.8 Å². The van der Waals surface area contributed by atoms with Crippen molar-refractivity contribution in [3.63, 3.8) is 0 Å². The molecule has 1 aliphatic heterocycles. The Labute approximate surface area is 113 Å². The highest BCUT2D eigenvalue weighted by Gasteiger charge is 2.31. The second-order valence-corrected chi connectivity index (χ2v) is 7.48. The second-order valence-electron chi connectivity index (χ2n) is 4.43. The lowest BCUT2D eigenvalue weighted by molar-refractivity contribution is 0.713. The fourth-order valence-corrected chi connectivity index (χ4v) is 5.20. The van der Waals surface area contributed by atoms with Crippen LogP contribution in [-0.4, -0.2) is 18.1 Å². The fourth-order valence-electron chi connectivity index (χ4n) is 2.17. The molecule has 0 aromatic heterocycles. The lowest BCUT2D eigenvalue weighted by Crippen LogP contribution is -2.29. The van der Waals surface area contributed by atoms with Gasteiger partial charge in [0.15, 0.2) is 0 Å². The van der Waals surface area contributed by atoms with Gasteiger partial charge in [-0.2, -0.15) is 0 Å². The maximum absolute atomic E-state index is 6.10. The molecule has 0 bridgehead atoms. The van der Waals surface area contributed by atoms with Crippen LogP contribution in [0.25, 0.3) is 0 Å². The Morgan fingerprint density at radius 1 is 0.941 bits per heavy atom. The van der Waals surface area contributed by atoms with Gasteiger partial charge >= 0.3 is 0 Å². The normalized spacial score (nSPS) is 21.2. The Bertz CT molecular complexity index is 316. The molecule has 1 aromatic carbocycles. The Morgan fingerprint density at radius 2 is 1.53 bits per heavy atom. The number of benzene rings is 1. The highest BCUT2D eigenvalue weighted by molar-refractivity contribution is 8.17. The van der Waals surface area contributed by atoms with E-state index in [0.29, 0.717) is 0 Å². The first kappa shape index (κ1) is 13.3. The minimum atomic E-state index is 0.0889. The van der Waals surface area contributed by atoms with Gasteiger partial charge < -0.3 is 5.73 Å². The first-order valence-electron chi connectivity index (χ1n) is 6.41. The lowest BCUT2D eigenvalue weighted by atomic mass is 10.1. The average Bonchev–Trinajstić information content (AvgIpc) is 2.52. The van der Waals surface area contributed by atoms with Crippen molar-refractivity contribution in [2.24, 2.45) is 5.73 Å². The Morgan fingerprint density at radius 3 is 2.06 bits per heavy atom. The van der Waals surface area contributed by atoms with E-state index in [2.05, 4.69) is 30.3 Å². The predicted octanol–water partition coefficient (Wildman–Crippen LogP) is 3.84. The van der Waals surface area contributed by atoms with Crippen molar-refractivity contribution < 1.29 is 0 Å². The highest BCUT2D eigenvalue weighted by Crippen LogP contribution is 2.47. The molecular weight excluding hydrogens is 246 g/mol. The van der Waals surface area contributed by atoms with Crippen LogP contribution in [0.2, 0.25) is 0 Å². The van der Waals surface area contributed by atoms with E-state index in [0.717, 1.165) is 6.54 Å². The van der Waals surface area contributed by atoms with E-state index >= 15 is 0 Å². The summed E-state index contributed by atoms with van der Waals surface area (Å²) in [5, 5.41) is 0. The Balaban J connectivity index is 2.20. The van der Waals surface area contributed by atoms with E-state index in [1.807, 2.05) is 23.5 Å².